The molecule has 0 aliphatic carbocycles. The maximum atomic E-state index is 13.3. The molecular weight excluding hydrogens is 424 g/mol. The number of amides is 1. The van der Waals surface area contributed by atoms with Crippen molar-refractivity contribution < 1.29 is 17.9 Å². The first-order valence-electron chi connectivity index (χ1n) is 10.8. The van der Waals surface area contributed by atoms with Gasteiger partial charge >= 0.3 is 0 Å². The van der Waals surface area contributed by atoms with Gasteiger partial charge in [-0.25, -0.2) is 8.42 Å². The van der Waals surface area contributed by atoms with E-state index in [9.17, 15) is 13.2 Å². The van der Waals surface area contributed by atoms with Gasteiger partial charge in [0.05, 0.1) is 4.90 Å². The second-order valence-electron chi connectivity index (χ2n) is 8.05. The molecule has 0 bridgehead atoms. The van der Waals surface area contributed by atoms with Gasteiger partial charge in [-0.15, -0.1) is 0 Å². The first-order chi connectivity index (χ1) is 15.5. The highest BCUT2D eigenvalue weighted by Crippen LogP contribution is 2.34. The molecule has 1 saturated heterocycles. The van der Waals surface area contributed by atoms with E-state index >= 15 is 0 Å². The summed E-state index contributed by atoms with van der Waals surface area (Å²) in [6.07, 6.45) is 2.47. The number of nitrogens with zero attached hydrogens (tertiary/aromatic N) is 2. The zero-order chi connectivity index (χ0) is 22.1. The van der Waals surface area contributed by atoms with E-state index in [2.05, 4.69) is 0 Å². The molecule has 3 aromatic rings. The molecule has 2 aliphatic heterocycles. The summed E-state index contributed by atoms with van der Waals surface area (Å²) < 4.78 is 33.4. The van der Waals surface area contributed by atoms with Crippen LogP contribution in [-0.2, 0) is 16.4 Å². The van der Waals surface area contributed by atoms with Gasteiger partial charge in [-0.2, -0.15) is 4.31 Å². The predicted octanol–water partition coefficient (Wildman–Crippen LogP) is 4.47. The lowest BCUT2D eigenvalue weighted by molar-refractivity contribution is 0.0989. The van der Waals surface area contributed by atoms with Gasteiger partial charge in [0.15, 0.2) is 0 Å². The molecule has 0 N–H and O–H groups in total. The number of fused-ring (bicyclic) bond motifs is 1. The lowest BCUT2D eigenvalue weighted by Crippen LogP contribution is -2.30. The number of anilines is 1. The standard InChI is InChI=1S/C25H24N2O4S/c28-25(20-7-6-10-22(17-20)31-21-8-2-1-3-9-21)27-16-13-19-11-12-23(18-24(19)27)32(29,30)26-14-4-5-15-26/h1-3,6-12,17-18H,4-5,13-16H2. The Hall–Kier alpha value is -3.16. The largest absolute Gasteiger partial charge is 0.457 e. The fourth-order valence-corrected chi connectivity index (χ4v) is 5.82. The van der Waals surface area contributed by atoms with E-state index in [-0.39, 0.29) is 10.8 Å². The van der Waals surface area contributed by atoms with E-state index in [0.717, 1.165) is 18.4 Å². The quantitative estimate of drug-likeness (QED) is 0.578. The van der Waals surface area contributed by atoms with E-state index in [1.54, 1.807) is 35.2 Å². The van der Waals surface area contributed by atoms with E-state index < -0.39 is 10.0 Å². The van der Waals surface area contributed by atoms with Crippen LogP contribution < -0.4 is 9.64 Å². The van der Waals surface area contributed by atoms with Crippen molar-refractivity contribution in [3.63, 3.8) is 0 Å². The Morgan fingerprint density at radius 3 is 2.34 bits per heavy atom. The van der Waals surface area contributed by atoms with E-state index in [4.69, 9.17) is 4.74 Å². The summed E-state index contributed by atoms with van der Waals surface area (Å²) in [6, 6.07) is 21.6. The van der Waals surface area contributed by atoms with E-state index in [0.29, 0.717) is 48.8 Å². The molecule has 0 aromatic heterocycles. The molecule has 6 nitrogen and oxygen atoms in total. The van der Waals surface area contributed by atoms with Gasteiger partial charge in [-0.05, 0) is 67.3 Å². The Morgan fingerprint density at radius 2 is 1.56 bits per heavy atom. The summed E-state index contributed by atoms with van der Waals surface area (Å²) in [5.41, 5.74) is 2.15. The fourth-order valence-electron chi connectivity index (χ4n) is 4.28. The van der Waals surface area contributed by atoms with Crippen molar-refractivity contribution in [1.29, 1.82) is 0 Å². The summed E-state index contributed by atoms with van der Waals surface area (Å²) in [4.78, 5) is 15.3. The highest BCUT2D eigenvalue weighted by atomic mass is 32.2. The third kappa shape index (κ3) is 3.89. The molecule has 2 aliphatic rings. The monoisotopic (exact) mass is 448 g/mol. The van der Waals surface area contributed by atoms with Gasteiger partial charge < -0.3 is 9.64 Å². The topological polar surface area (TPSA) is 66.9 Å². The first-order valence-corrected chi connectivity index (χ1v) is 12.2. The van der Waals surface area contributed by atoms with E-state index in [1.807, 2.05) is 42.5 Å². The Balaban J connectivity index is 1.42. The van der Waals surface area contributed by atoms with Crippen LogP contribution in [0.5, 0.6) is 11.5 Å². The predicted molar refractivity (Wildman–Crippen MR) is 123 cm³/mol. The van der Waals surface area contributed by atoms with Gasteiger partial charge in [0.25, 0.3) is 5.91 Å². The maximum absolute atomic E-state index is 13.3. The number of ether oxygens (including phenoxy) is 1. The number of para-hydroxylation sites is 1. The number of hydrogen-bond acceptors (Lipinski definition) is 4. The van der Waals surface area contributed by atoms with Crippen molar-refractivity contribution in [3.8, 4) is 11.5 Å². The van der Waals surface area contributed by atoms with Crippen LogP contribution in [0.3, 0.4) is 0 Å². The Labute approximate surface area is 188 Å². The minimum atomic E-state index is -3.54. The summed E-state index contributed by atoms with van der Waals surface area (Å²) in [5, 5.41) is 0. The second-order valence-corrected chi connectivity index (χ2v) is 9.99. The van der Waals surface area contributed by atoms with Gasteiger partial charge in [0.2, 0.25) is 10.0 Å². The van der Waals surface area contributed by atoms with Crippen LogP contribution in [0.2, 0.25) is 0 Å². The first kappa shape index (κ1) is 20.7. The highest BCUT2D eigenvalue weighted by molar-refractivity contribution is 7.89. The van der Waals surface area contributed by atoms with Crippen LogP contribution >= 0.6 is 0 Å². The molecule has 0 spiro atoms. The maximum Gasteiger partial charge on any atom is 0.258 e. The molecule has 1 amide bonds. The fraction of sp³-hybridized carbons (Fsp3) is 0.240. The van der Waals surface area contributed by atoms with Crippen LogP contribution in [-0.4, -0.2) is 38.3 Å². The third-order valence-electron chi connectivity index (χ3n) is 5.96. The number of carbonyl (C=O) groups is 1. The summed E-state index contributed by atoms with van der Waals surface area (Å²) in [6.45, 7) is 1.62. The summed E-state index contributed by atoms with van der Waals surface area (Å²) in [7, 11) is -3.54. The third-order valence-corrected chi connectivity index (χ3v) is 7.85. The Kier molecular flexibility index (Phi) is 5.45. The van der Waals surface area contributed by atoms with Crippen molar-refractivity contribution in [1.82, 2.24) is 4.31 Å². The molecule has 0 radical (unpaired) electrons. The van der Waals surface area contributed by atoms with E-state index in [1.165, 1.54) is 4.31 Å². The number of carbonyl (C=O) groups excluding carboxylic acids is 1. The van der Waals surface area contributed by atoms with Crippen LogP contribution in [0.4, 0.5) is 5.69 Å². The average Bonchev–Trinajstić information content (AvgIpc) is 3.50. The Bertz CT molecular complexity index is 1250. The SMILES string of the molecule is O=C(c1cccc(Oc2ccccc2)c1)N1CCc2ccc(S(=O)(=O)N3CCCC3)cc21. The molecule has 0 saturated carbocycles. The average molecular weight is 449 g/mol. The van der Waals surface area contributed by atoms with Crippen LogP contribution in [0.1, 0.15) is 28.8 Å². The zero-order valence-electron chi connectivity index (χ0n) is 17.6. The summed E-state index contributed by atoms with van der Waals surface area (Å²) in [5.74, 6) is 1.10. The van der Waals surface area contributed by atoms with Crippen molar-refractivity contribution in [2.45, 2.75) is 24.2 Å². The van der Waals surface area contributed by atoms with Crippen LogP contribution in [0, 0.1) is 0 Å². The number of hydrogen-bond donors (Lipinski definition) is 0. The smallest absolute Gasteiger partial charge is 0.258 e. The zero-order valence-corrected chi connectivity index (χ0v) is 18.4. The van der Waals surface area contributed by atoms with Crippen LogP contribution in [0.25, 0.3) is 0 Å². The molecular formula is C25H24N2O4S. The lowest BCUT2D eigenvalue weighted by atomic mass is 10.1. The van der Waals surface area contributed by atoms with Crippen molar-refractivity contribution in [2.24, 2.45) is 0 Å². The van der Waals surface area contributed by atoms with Crippen LogP contribution in [0.15, 0.2) is 77.7 Å². The molecule has 164 valence electrons. The molecule has 0 atom stereocenters. The van der Waals surface area contributed by atoms with Gasteiger partial charge in [0.1, 0.15) is 11.5 Å². The van der Waals surface area contributed by atoms with Crippen molar-refractivity contribution >= 4 is 21.6 Å². The molecule has 2 heterocycles. The van der Waals surface area contributed by atoms with Gasteiger partial charge in [-0.1, -0.05) is 30.3 Å². The second kappa shape index (κ2) is 8.41. The Morgan fingerprint density at radius 1 is 0.812 bits per heavy atom. The summed E-state index contributed by atoms with van der Waals surface area (Å²) >= 11 is 0. The molecule has 5 rings (SSSR count). The van der Waals surface area contributed by atoms with Crippen molar-refractivity contribution in [3.05, 3.63) is 83.9 Å². The van der Waals surface area contributed by atoms with Gasteiger partial charge in [0, 0.05) is 30.9 Å². The van der Waals surface area contributed by atoms with Crippen molar-refractivity contribution in [2.75, 3.05) is 24.5 Å². The normalized spacial score (nSPS) is 16.2. The lowest BCUT2D eigenvalue weighted by Gasteiger charge is -2.20. The minimum absolute atomic E-state index is 0.169. The van der Waals surface area contributed by atoms with Gasteiger partial charge in [-0.3, -0.25) is 4.79 Å². The minimum Gasteiger partial charge on any atom is -0.457 e. The highest BCUT2D eigenvalue weighted by Gasteiger charge is 2.31. The molecule has 1 fully saturated rings. The molecule has 32 heavy (non-hydrogen) atoms. The number of benzene rings is 3. The number of sulfonamides is 1. The molecule has 7 heteroatoms. The molecule has 3 aromatic carbocycles. The number of rotatable bonds is 5. The molecule has 0 unspecified atom stereocenters.